The lowest BCUT2D eigenvalue weighted by atomic mass is 9.98. The second kappa shape index (κ2) is 5.16. The number of ether oxygens (including phenoxy) is 1. The number of nitrogens with zero attached hydrogens (tertiary/aromatic N) is 3. The van der Waals surface area contributed by atoms with Crippen molar-refractivity contribution in [1.29, 1.82) is 0 Å². The van der Waals surface area contributed by atoms with Crippen LogP contribution in [0.3, 0.4) is 0 Å². The fourth-order valence-electron chi connectivity index (χ4n) is 1.35. The van der Waals surface area contributed by atoms with Gasteiger partial charge in [-0.25, -0.2) is 0 Å². The molecular formula is C12H13F2N3OS. The highest BCUT2D eigenvalue weighted by Crippen LogP contribution is 2.31. The average molecular weight is 285 g/mol. The standard InChI is InChI=1S/C12H13F2N3OS/c1-12(2,3)10-17-16-9(19-10)7-4-8(6-15-5-7)18-11(13)14/h4-6,11H,1-3H3. The van der Waals surface area contributed by atoms with Gasteiger partial charge < -0.3 is 4.74 Å². The van der Waals surface area contributed by atoms with E-state index in [0.717, 1.165) is 5.01 Å². The van der Waals surface area contributed by atoms with Crippen LogP contribution in [0.15, 0.2) is 18.5 Å². The number of hydrogen-bond donors (Lipinski definition) is 0. The molecule has 0 aromatic carbocycles. The van der Waals surface area contributed by atoms with E-state index in [0.29, 0.717) is 10.6 Å². The van der Waals surface area contributed by atoms with Gasteiger partial charge in [0.05, 0.1) is 6.20 Å². The lowest BCUT2D eigenvalue weighted by Gasteiger charge is -2.12. The molecule has 0 aliphatic heterocycles. The molecule has 0 unspecified atom stereocenters. The van der Waals surface area contributed by atoms with Gasteiger partial charge in [0.1, 0.15) is 15.8 Å². The Kier molecular flexibility index (Phi) is 3.75. The molecule has 0 aliphatic carbocycles. The van der Waals surface area contributed by atoms with E-state index in [1.807, 2.05) is 20.8 Å². The summed E-state index contributed by atoms with van der Waals surface area (Å²) < 4.78 is 28.6. The third-order valence-electron chi connectivity index (χ3n) is 2.25. The number of aromatic nitrogens is 3. The highest BCUT2D eigenvalue weighted by Gasteiger charge is 2.20. The van der Waals surface area contributed by atoms with Gasteiger partial charge in [0.25, 0.3) is 0 Å². The van der Waals surface area contributed by atoms with Gasteiger partial charge in [-0.1, -0.05) is 32.1 Å². The normalized spacial score (nSPS) is 11.9. The highest BCUT2D eigenvalue weighted by molar-refractivity contribution is 7.14. The van der Waals surface area contributed by atoms with Crippen LogP contribution in [0.2, 0.25) is 0 Å². The fourth-order valence-corrected chi connectivity index (χ4v) is 2.23. The van der Waals surface area contributed by atoms with Crippen LogP contribution in [0.4, 0.5) is 8.78 Å². The zero-order valence-electron chi connectivity index (χ0n) is 10.7. The minimum atomic E-state index is -2.86. The van der Waals surface area contributed by atoms with Crippen molar-refractivity contribution in [2.75, 3.05) is 0 Å². The van der Waals surface area contributed by atoms with E-state index in [1.165, 1.54) is 23.6 Å². The molecule has 0 spiro atoms. The van der Waals surface area contributed by atoms with Crippen molar-refractivity contribution in [3.63, 3.8) is 0 Å². The van der Waals surface area contributed by atoms with Crippen LogP contribution in [-0.2, 0) is 5.41 Å². The maximum absolute atomic E-state index is 12.1. The zero-order valence-corrected chi connectivity index (χ0v) is 11.5. The van der Waals surface area contributed by atoms with Gasteiger partial charge in [-0.3, -0.25) is 4.98 Å². The Morgan fingerprint density at radius 1 is 1.21 bits per heavy atom. The van der Waals surface area contributed by atoms with E-state index in [1.54, 1.807) is 6.20 Å². The molecule has 0 radical (unpaired) electrons. The van der Waals surface area contributed by atoms with E-state index in [4.69, 9.17) is 0 Å². The molecule has 0 N–H and O–H groups in total. The van der Waals surface area contributed by atoms with E-state index in [-0.39, 0.29) is 11.2 Å². The minimum absolute atomic E-state index is 0.0139. The van der Waals surface area contributed by atoms with E-state index >= 15 is 0 Å². The number of halogens is 2. The predicted molar refractivity (Wildman–Crippen MR) is 68.5 cm³/mol. The molecular weight excluding hydrogens is 272 g/mol. The predicted octanol–water partition coefficient (Wildman–Crippen LogP) is 3.50. The van der Waals surface area contributed by atoms with Gasteiger partial charge in [0.15, 0.2) is 0 Å². The SMILES string of the molecule is CC(C)(C)c1nnc(-c2cncc(OC(F)F)c2)s1. The van der Waals surface area contributed by atoms with Crippen molar-refractivity contribution < 1.29 is 13.5 Å². The fraction of sp³-hybridized carbons (Fsp3) is 0.417. The Hall–Kier alpha value is -1.63. The Morgan fingerprint density at radius 2 is 1.95 bits per heavy atom. The third-order valence-corrected chi connectivity index (χ3v) is 3.65. The van der Waals surface area contributed by atoms with Crippen LogP contribution in [-0.4, -0.2) is 21.8 Å². The van der Waals surface area contributed by atoms with Gasteiger partial charge in [-0.15, -0.1) is 10.2 Å². The second-order valence-corrected chi connectivity index (χ2v) is 5.93. The quantitative estimate of drug-likeness (QED) is 0.866. The summed E-state index contributed by atoms with van der Waals surface area (Å²) in [5.74, 6) is 0.0139. The molecule has 0 fully saturated rings. The van der Waals surface area contributed by atoms with Crippen molar-refractivity contribution in [2.45, 2.75) is 32.8 Å². The van der Waals surface area contributed by atoms with Crippen LogP contribution in [0.25, 0.3) is 10.6 Å². The lowest BCUT2D eigenvalue weighted by Crippen LogP contribution is -2.10. The Balaban J connectivity index is 2.29. The molecule has 0 bridgehead atoms. The topological polar surface area (TPSA) is 47.9 Å². The summed E-state index contributed by atoms with van der Waals surface area (Å²) in [7, 11) is 0. The summed E-state index contributed by atoms with van der Waals surface area (Å²) in [5.41, 5.74) is 0.520. The first-order valence-electron chi connectivity index (χ1n) is 5.60. The van der Waals surface area contributed by atoms with Crippen molar-refractivity contribution in [2.24, 2.45) is 0 Å². The second-order valence-electron chi connectivity index (χ2n) is 4.95. The van der Waals surface area contributed by atoms with Gasteiger partial charge in [0.2, 0.25) is 0 Å². The summed E-state index contributed by atoms with van der Waals surface area (Å²) >= 11 is 1.42. The van der Waals surface area contributed by atoms with Crippen molar-refractivity contribution in [1.82, 2.24) is 15.2 Å². The number of hydrogen-bond acceptors (Lipinski definition) is 5. The Bertz CT molecular complexity index is 566. The lowest BCUT2D eigenvalue weighted by molar-refractivity contribution is -0.0500. The molecule has 4 nitrogen and oxygen atoms in total. The Morgan fingerprint density at radius 3 is 2.53 bits per heavy atom. The summed E-state index contributed by atoms with van der Waals surface area (Å²) in [5, 5.41) is 9.68. The van der Waals surface area contributed by atoms with Crippen LogP contribution >= 0.6 is 11.3 Å². The molecule has 0 amide bonds. The van der Waals surface area contributed by atoms with Crippen molar-refractivity contribution in [3.05, 3.63) is 23.5 Å². The molecule has 2 heterocycles. The van der Waals surface area contributed by atoms with Crippen LogP contribution in [0.5, 0.6) is 5.75 Å². The average Bonchev–Trinajstić information content (AvgIpc) is 2.77. The minimum Gasteiger partial charge on any atom is -0.433 e. The maximum Gasteiger partial charge on any atom is 0.387 e. The van der Waals surface area contributed by atoms with Gasteiger partial charge in [-0.2, -0.15) is 8.78 Å². The van der Waals surface area contributed by atoms with Crippen LogP contribution < -0.4 is 4.74 Å². The molecule has 19 heavy (non-hydrogen) atoms. The monoisotopic (exact) mass is 285 g/mol. The molecule has 0 aliphatic rings. The molecule has 2 aromatic rings. The maximum atomic E-state index is 12.1. The molecule has 7 heteroatoms. The number of alkyl halides is 2. The van der Waals surface area contributed by atoms with E-state index in [2.05, 4.69) is 19.9 Å². The van der Waals surface area contributed by atoms with Crippen molar-refractivity contribution >= 4 is 11.3 Å². The highest BCUT2D eigenvalue weighted by atomic mass is 32.1. The Labute approximate surface area is 113 Å². The largest absolute Gasteiger partial charge is 0.433 e. The first kappa shape index (κ1) is 13.8. The first-order chi connectivity index (χ1) is 8.86. The molecule has 0 saturated carbocycles. The van der Waals surface area contributed by atoms with Crippen LogP contribution in [0, 0.1) is 0 Å². The zero-order chi connectivity index (χ0) is 14.0. The summed E-state index contributed by atoms with van der Waals surface area (Å²) in [6.45, 7) is 3.24. The van der Waals surface area contributed by atoms with Gasteiger partial charge >= 0.3 is 6.61 Å². The molecule has 102 valence electrons. The number of pyridine rings is 1. The first-order valence-corrected chi connectivity index (χ1v) is 6.42. The number of rotatable bonds is 3. The van der Waals surface area contributed by atoms with Crippen LogP contribution in [0.1, 0.15) is 25.8 Å². The molecule has 2 aromatic heterocycles. The van der Waals surface area contributed by atoms with Crippen molar-refractivity contribution in [3.8, 4) is 16.3 Å². The summed E-state index contributed by atoms with van der Waals surface area (Å²) in [6.07, 6.45) is 2.78. The smallest absolute Gasteiger partial charge is 0.387 e. The molecule has 0 atom stereocenters. The molecule has 2 rings (SSSR count). The summed E-state index contributed by atoms with van der Waals surface area (Å²) in [4.78, 5) is 3.87. The van der Waals surface area contributed by atoms with E-state index in [9.17, 15) is 8.78 Å². The van der Waals surface area contributed by atoms with Gasteiger partial charge in [0, 0.05) is 17.2 Å². The molecule has 0 saturated heterocycles. The summed E-state index contributed by atoms with van der Waals surface area (Å²) in [6, 6.07) is 1.48. The van der Waals surface area contributed by atoms with Gasteiger partial charge in [-0.05, 0) is 6.07 Å². The third kappa shape index (κ3) is 3.44. The van der Waals surface area contributed by atoms with E-state index < -0.39 is 6.61 Å².